The molecule has 1 aromatic rings. The SMILES string of the molecule is CC(C)c1cccc(C(C)C)c1NC=O.CCCCC. The van der Waals surface area contributed by atoms with Crippen molar-refractivity contribution in [2.75, 3.05) is 5.32 Å². The summed E-state index contributed by atoms with van der Waals surface area (Å²) in [4.78, 5) is 10.6. The lowest BCUT2D eigenvalue weighted by Crippen LogP contribution is -2.05. The van der Waals surface area contributed by atoms with Crippen molar-refractivity contribution in [3.8, 4) is 0 Å². The van der Waals surface area contributed by atoms with E-state index in [4.69, 9.17) is 0 Å². The van der Waals surface area contributed by atoms with Gasteiger partial charge in [0.05, 0.1) is 0 Å². The molecule has 0 aliphatic carbocycles. The van der Waals surface area contributed by atoms with Crippen molar-refractivity contribution in [3.05, 3.63) is 29.3 Å². The Labute approximate surface area is 125 Å². The minimum absolute atomic E-state index is 0.422. The number of benzene rings is 1. The third kappa shape index (κ3) is 6.23. The van der Waals surface area contributed by atoms with Gasteiger partial charge in [-0.3, -0.25) is 4.79 Å². The number of carbonyl (C=O) groups excluding carboxylic acids is 1. The Kier molecular flexibility index (Phi) is 9.79. The molecule has 0 spiro atoms. The molecule has 0 saturated heterocycles. The molecule has 1 rings (SSSR count). The summed E-state index contributed by atoms with van der Waals surface area (Å²) < 4.78 is 0. The molecular weight excluding hydrogens is 246 g/mol. The van der Waals surface area contributed by atoms with Crippen molar-refractivity contribution >= 4 is 12.1 Å². The molecule has 2 heteroatoms. The number of hydrogen-bond acceptors (Lipinski definition) is 1. The monoisotopic (exact) mass is 277 g/mol. The first-order valence-corrected chi connectivity index (χ1v) is 7.82. The van der Waals surface area contributed by atoms with Gasteiger partial charge in [-0.25, -0.2) is 0 Å². The number of para-hydroxylation sites is 1. The summed E-state index contributed by atoms with van der Waals surface area (Å²) >= 11 is 0. The van der Waals surface area contributed by atoms with Gasteiger partial charge in [-0.1, -0.05) is 79.0 Å². The van der Waals surface area contributed by atoms with Crippen LogP contribution in [0.5, 0.6) is 0 Å². The minimum Gasteiger partial charge on any atom is -0.328 e. The summed E-state index contributed by atoms with van der Waals surface area (Å²) in [6.07, 6.45) is 4.83. The van der Waals surface area contributed by atoms with Crippen LogP contribution in [0.25, 0.3) is 0 Å². The van der Waals surface area contributed by atoms with Crippen LogP contribution in [0.15, 0.2) is 18.2 Å². The first-order chi connectivity index (χ1) is 9.49. The highest BCUT2D eigenvalue weighted by atomic mass is 16.1. The average Bonchev–Trinajstić information content (AvgIpc) is 2.40. The van der Waals surface area contributed by atoms with Gasteiger partial charge in [-0.2, -0.15) is 0 Å². The lowest BCUT2D eigenvalue weighted by Gasteiger charge is -2.18. The highest BCUT2D eigenvalue weighted by Gasteiger charge is 2.12. The van der Waals surface area contributed by atoms with E-state index in [9.17, 15) is 4.79 Å². The maximum absolute atomic E-state index is 10.6. The zero-order chi connectivity index (χ0) is 15.5. The summed E-state index contributed by atoms with van der Waals surface area (Å²) in [7, 11) is 0. The second-order valence-corrected chi connectivity index (χ2v) is 5.74. The summed E-state index contributed by atoms with van der Waals surface area (Å²) in [5, 5.41) is 2.83. The Morgan fingerprint density at radius 1 is 1.00 bits per heavy atom. The molecular formula is C18H31NO. The molecule has 0 aromatic heterocycles. The van der Waals surface area contributed by atoms with Crippen LogP contribution in [-0.4, -0.2) is 6.41 Å². The van der Waals surface area contributed by atoms with E-state index in [0.717, 1.165) is 12.1 Å². The molecule has 0 radical (unpaired) electrons. The molecule has 0 saturated carbocycles. The highest BCUT2D eigenvalue weighted by molar-refractivity contribution is 5.76. The van der Waals surface area contributed by atoms with Crippen LogP contribution in [0.2, 0.25) is 0 Å². The number of hydrogen-bond donors (Lipinski definition) is 1. The maximum Gasteiger partial charge on any atom is 0.211 e. The van der Waals surface area contributed by atoms with Gasteiger partial charge >= 0.3 is 0 Å². The van der Waals surface area contributed by atoms with E-state index in [-0.39, 0.29) is 0 Å². The summed E-state index contributed by atoms with van der Waals surface area (Å²) in [5.41, 5.74) is 3.39. The first kappa shape index (κ1) is 18.7. The van der Waals surface area contributed by atoms with Crippen LogP contribution in [-0.2, 0) is 4.79 Å². The van der Waals surface area contributed by atoms with Crippen molar-refractivity contribution in [1.29, 1.82) is 0 Å². The molecule has 20 heavy (non-hydrogen) atoms. The van der Waals surface area contributed by atoms with Crippen LogP contribution in [0.1, 0.15) is 83.8 Å². The molecule has 114 valence electrons. The smallest absolute Gasteiger partial charge is 0.211 e. The molecule has 1 N–H and O–H groups in total. The predicted octanol–water partition coefficient (Wildman–Crippen LogP) is 5.70. The number of carbonyl (C=O) groups is 1. The van der Waals surface area contributed by atoms with Gasteiger partial charge in [0, 0.05) is 5.69 Å². The first-order valence-electron chi connectivity index (χ1n) is 7.82. The van der Waals surface area contributed by atoms with Crippen molar-refractivity contribution in [2.24, 2.45) is 0 Å². The van der Waals surface area contributed by atoms with Gasteiger partial charge < -0.3 is 5.32 Å². The number of nitrogens with one attached hydrogen (secondary N) is 1. The van der Waals surface area contributed by atoms with Crippen molar-refractivity contribution in [1.82, 2.24) is 0 Å². The van der Waals surface area contributed by atoms with Crippen molar-refractivity contribution < 1.29 is 4.79 Å². The second-order valence-electron chi connectivity index (χ2n) is 5.74. The fraction of sp³-hybridized carbons (Fsp3) is 0.611. The molecule has 0 atom stereocenters. The van der Waals surface area contributed by atoms with Crippen LogP contribution < -0.4 is 5.32 Å². The lowest BCUT2D eigenvalue weighted by atomic mass is 9.93. The maximum atomic E-state index is 10.6. The largest absolute Gasteiger partial charge is 0.328 e. The molecule has 1 aromatic carbocycles. The zero-order valence-corrected chi connectivity index (χ0v) is 14.0. The van der Waals surface area contributed by atoms with Gasteiger partial charge in [-0.05, 0) is 23.0 Å². The Morgan fingerprint density at radius 3 is 1.70 bits per heavy atom. The van der Waals surface area contributed by atoms with Crippen LogP contribution in [0.4, 0.5) is 5.69 Å². The molecule has 0 aliphatic heterocycles. The van der Waals surface area contributed by atoms with E-state index in [1.54, 1.807) is 0 Å². The van der Waals surface area contributed by atoms with Crippen molar-refractivity contribution in [2.45, 2.75) is 72.6 Å². The lowest BCUT2D eigenvalue weighted by molar-refractivity contribution is -0.105. The Hall–Kier alpha value is -1.31. The van der Waals surface area contributed by atoms with E-state index in [2.05, 4.69) is 65.1 Å². The fourth-order valence-corrected chi connectivity index (χ4v) is 2.13. The number of unbranched alkanes of at least 4 members (excludes halogenated alkanes) is 2. The zero-order valence-electron chi connectivity index (χ0n) is 14.0. The van der Waals surface area contributed by atoms with E-state index in [0.29, 0.717) is 11.8 Å². The molecule has 0 fully saturated rings. The third-order valence-corrected chi connectivity index (χ3v) is 3.28. The molecule has 0 aliphatic rings. The molecule has 0 heterocycles. The van der Waals surface area contributed by atoms with Gasteiger partial charge in [0.2, 0.25) is 6.41 Å². The molecule has 0 unspecified atom stereocenters. The fourth-order valence-electron chi connectivity index (χ4n) is 2.13. The Bertz CT molecular complexity index is 355. The van der Waals surface area contributed by atoms with Gasteiger partial charge in [0.25, 0.3) is 0 Å². The van der Waals surface area contributed by atoms with Gasteiger partial charge in [0.15, 0.2) is 0 Å². The van der Waals surface area contributed by atoms with E-state index >= 15 is 0 Å². The predicted molar refractivity (Wildman–Crippen MR) is 89.5 cm³/mol. The summed E-state index contributed by atoms with van der Waals surface area (Å²) in [5.74, 6) is 0.845. The van der Waals surface area contributed by atoms with Crippen LogP contribution >= 0.6 is 0 Å². The summed E-state index contributed by atoms with van der Waals surface area (Å²) in [6.45, 7) is 13.0. The standard InChI is InChI=1S/C13H19NO.C5H12/c1-9(2)11-6-5-7-12(10(3)4)13(11)14-8-15;1-3-5-4-2/h5-10H,1-4H3,(H,14,15);3-5H2,1-2H3. The van der Waals surface area contributed by atoms with Gasteiger partial charge in [-0.15, -0.1) is 0 Å². The van der Waals surface area contributed by atoms with E-state index in [1.807, 2.05) is 0 Å². The van der Waals surface area contributed by atoms with E-state index in [1.165, 1.54) is 30.4 Å². The van der Waals surface area contributed by atoms with Crippen molar-refractivity contribution in [3.63, 3.8) is 0 Å². The number of rotatable bonds is 6. The Balaban J connectivity index is 0.000000621. The minimum atomic E-state index is 0.422. The van der Waals surface area contributed by atoms with Crippen LogP contribution in [0, 0.1) is 0 Å². The Morgan fingerprint density at radius 2 is 1.45 bits per heavy atom. The highest BCUT2D eigenvalue weighted by Crippen LogP contribution is 2.31. The number of anilines is 1. The molecule has 2 nitrogen and oxygen atoms in total. The number of amides is 1. The summed E-state index contributed by atoms with van der Waals surface area (Å²) in [6, 6.07) is 6.20. The normalized spacial score (nSPS) is 10.2. The second kappa shape index (κ2) is 10.5. The van der Waals surface area contributed by atoms with Gasteiger partial charge in [0.1, 0.15) is 0 Å². The van der Waals surface area contributed by atoms with Crippen LogP contribution in [0.3, 0.4) is 0 Å². The van der Waals surface area contributed by atoms with E-state index < -0.39 is 0 Å². The topological polar surface area (TPSA) is 29.1 Å². The average molecular weight is 277 g/mol. The third-order valence-electron chi connectivity index (χ3n) is 3.28. The quantitative estimate of drug-likeness (QED) is 0.664. The molecule has 1 amide bonds. The molecule has 0 bridgehead atoms.